The number of fused-ring (bicyclic) bond motifs is 1. The van der Waals surface area contributed by atoms with Crippen molar-refractivity contribution in [2.45, 2.75) is 4.90 Å². The van der Waals surface area contributed by atoms with Gasteiger partial charge in [0.1, 0.15) is 5.52 Å². The number of nitrogens with zero attached hydrogens (tertiary/aromatic N) is 1. The summed E-state index contributed by atoms with van der Waals surface area (Å²) in [7, 11) is 0. The number of benzene rings is 1. The molecule has 0 radical (unpaired) electrons. The molecule has 14 heavy (non-hydrogen) atoms. The van der Waals surface area contributed by atoms with Gasteiger partial charge in [0.2, 0.25) is 0 Å². The topological polar surface area (TPSA) is 43.1 Å². The largest absolute Gasteiger partial charge is 0.433 e. The molecule has 1 aromatic heterocycles. The predicted octanol–water partition coefficient (Wildman–Crippen LogP) is 2.93. The van der Waals surface area contributed by atoms with Gasteiger partial charge in [-0.25, -0.2) is 4.98 Å². The fourth-order valence-corrected chi connectivity index (χ4v) is 1.63. The smallest absolute Gasteiger partial charge is 0.307 e. The number of thioether (sulfide) groups is 1. The van der Waals surface area contributed by atoms with Crippen molar-refractivity contribution in [1.82, 2.24) is 4.98 Å². The summed E-state index contributed by atoms with van der Waals surface area (Å²) in [6, 6.07) is 5.53. The van der Waals surface area contributed by atoms with E-state index in [1.54, 1.807) is 17.8 Å². The second-order valence-electron chi connectivity index (χ2n) is 2.63. The Kier molecular flexibility index (Phi) is 2.48. The molecule has 0 spiro atoms. The molecule has 1 heterocycles. The molecular weight excluding hydrogens is 222 g/mol. The molecule has 0 N–H and O–H groups in total. The van der Waals surface area contributed by atoms with E-state index in [0.29, 0.717) is 11.1 Å². The Balaban J connectivity index is 2.60. The maximum atomic E-state index is 10.8. The summed E-state index contributed by atoms with van der Waals surface area (Å²) in [6.07, 6.45) is 1.97. The van der Waals surface area contributed by atoms with Crippen molar-refractivity contribution in [3.8, 4) is 0 Å². The Labute approximate surface area is 89.4 Å². The third-order valence-electron chi connectivity index (χ3n) is 1.76. The van der Waals surface area contributed by atoms with Crippen LogP contribution in [0.2, 0.25) is 0 Å². The van der Waals surface area contributed by atoms with Gasteiger partial charge in [-0.15, -0.1) is 11.8 Å². The van der Waals surface area contributed by atoms with Gasteiger partial charge in [-0.1, -0.05) is 0 Å². The second kappa shape index (κ2) is 3.63. The maximum Gasteiger partial charge on any atom is 0.307 e. The highest BCUT2D eigenvalue weighted by molar-refractivity contribution is 7.98. The quantitative estimate of drug-likeness (QED) is 0.585. The minimum absolute atomic E-state index is 0.0556. The summed E-state index contributed by atoms with van der Waals surface area (Å²) in [4.78, 5) is 15.8. The Morgan fingerprint density at radius 3 is 3.00 bits per heavy atom. The number of rotatable bonds is 2. The first-order chi connectivity index (χ1) is 6.70. The van der Waals surface area contributed by atoms with Crippen molar-refractivity contribution in [3.05, 3.63) is 24.1 Å². The first-order valence-electron chi connectivity index (χ1n) is 3.85. The molecule has 1 aromatic carbocycles. The summed E-state index contributed by atoms with van der Waals surface area (Å²) in [5, 5.41) is -0.674. The molecule has 0 unspecified atom stereocenters. The molecular formula is C9H6ClNO2S. The zero-order valence-corrected chi connectivity index (χ0v) is 8.85. The standard InChI is InChI=1S/C9H6ClNO2S/c1-14-5-2-3-7-6(4-5)11-9(13-7)8(10)12/h2-4H,1H3. The van der Waals surface area contributed by atoms with Crippen LogP contribution in [0.5, 0.6) is 0 Å². The average molecular weight is 228 g/mol. The molecule has 0 aliphatic carbocycles. The average Bonchev–Trinajstić information content (AvgIpc) is 2.59. The van der Waals surface area contributed by atoms with E-state index in [1.165, 1.54) is 0 Å². The first kappa shape index (κ1) is 9.55. The molecule has 0 aliphatic rings. The summed E-state index contributed by atoms with van der Waals surface area (Å²) in [5.74, 6) is -0.0556. The van der Waals surface area contributed by atoms with Gasteiger partial charge in [-0.3, -0.25) is 4.79 Å². The van der Waals surface area contributed by atoms with Crippen LogP contribution in [0.15, 0.2) is 27.5 Å². The molecule has 72 valence electrons. The van der Waals surface area contributed by atoms with Gasteiger partial charge in [-0.2, -0.15) is 0 Å². The van der Waals surface area contributed by atoms with Crippen molar-refractivity contribution >= 4 is 39.7 Å². The van der Waals surface area contributed by atoms with Crippen LogP contribution in [-0.4, -0.2) is 16.5 Å². The van der Waals surface area contributed by atoms with Gasteiger partial charge in [0.05, 0.1) is 0 Å². The van der Waals surface area contributed by atoms with E-state index in [2.05, 4.69) is 4.98 Å². The van der Waals surface area contributed by atoms with Crippen molar-refractivity contribution in [2.24, 2.45) is 0 Å². The lowest BCUT2D eigenvalue weighted by atomic mass is 10.3. The third kappa shape index (κ3) is 1.63. The second-order valence-corrected chi connectivity index (χ2v) is 3.85. The van der Waals surface area contributed by atoms with E-state index in [4.69, 9.17) is 16.0 Å². The van der Waals surface area contributed by atoms with Crippen molar-refractivity contribution < 1.29 is 9.21 Å². The number of aromatic nitrogens is 1. The fraction of sp³-hybridized carbons (Fsp3) is 0.111. The molecule has 0 fully saturated rings. The molecule has 3 nitrogen and oxygen atoms in total. The molecule has 2 rings (SSSR count). The number of carbonyl (C=O) groups excluding carboxylic acids is 1. The van der Waals surface area contributed by atoms with Gasteiger partial charge >= 0.3 is 5.24 Å². The Morgan fingerprint density at radius 1 is 1.57 bits per heavy atom. The van der Waals surface area contributed by atoms with Crippen molar-refractivity contribution in [3.63, 3.8) is 0 Å². The van der Waals surface area contributed by atoms with E-state index in [9.17, 15) is 4.79 Å². The van der Waals surface area contributed by atoms with E-state index in [-0.39, 0.29) is 5.89 Å². The highest BCUT2D eigenvalue weighted by atomic mass is 35.5. The van der Waals surface area contributed by atoms with Crippen LogP contribution >= 0.6 is 23.4 Å². The van der Waals surface area contributed by atoms with Crippen LogP contribution in [0.25, 0.3) is 11.1 Å². The van der Waals surface area contributed by atoms with Crippen LogP contribution in [0, 0.1) is 0 Å². The van der Waals surface area contributed by atoms with Gasteiger partial charge in [0.25, 0.3) is 5.89 Å². The van der Waals surface area contributed by atoms with Crippen LogP contribution in [-0.2, 0) is 0 Å². The van der Waals surface area contributed by atoms with Crippen LogP contribution in [0.1, 0.15) is 10.7 Å². The van der Waals surface area contributed by atoms with Gasteiger partial charge in [0, 0.05) is 4.90 Å². The SMILES string of the molecule is CSc1ccc2oc(C(=O)Cl)nc2c1. The predicted molar refractivity (Wildman–Crippen MR) is 56.0 cm³/mol. The summed E-state index contributed by atoms with van der Waals surface area (Å²) in [6.45, 7) is 0. The van der Waals surface area contributed by atoms with E-state index in [1.807, 2.05) is 18.4 Å². The molecule has 0 atom stereocenters. The van der Waals surface area contributed by atoms with E-state index >= 15 is 0 Å². The first-order valence-corrected chi connectivity index (χ1v) is 5.45. The summed E-state index contributed by atoms with van der Waals surface area (Å²) in [5.41, 5.74) is 1.23. The van der Waals surface area contributed by atoms with E-state index < -0.39 is 5.24 Å². The van der Waals surface area contributed by atoms with Crippen LogP contribution in [0.3, 0.4) is 0 Å². The van der Waals surface area contributed by atoms with Crippen LogP contribution in [0.4, 0.5) is 0 Å². The van der Waals surface area contributed by atoms with Gasteiger partial charge in [-0.05, 0) is 36.1 Å². The fourth-order valence-electron chi connectivity index (χ4n) is 1.12. The molecule has 0 amide bonds. The zero-order valence-electron chi connectivity index (χ0n) is 7.28. The zero-order chi connectivity index (χ0) is 10.1. The lowest BCUT2D eigenvalue weighted by molar-refractivity contribution is 0.105. The van der Waals surface area contributed by atoms with Crippen molar-refractivity contribution in [2.75, 3.05) is 6.26 Å². The number of hydrogen-bond donors (Lipinski definition) is 0. The lowest BCUT2D eigenvalue weighted by Crippen LogP contribution is -1.86. The monoisotopic (exact) mass is 227 g/mol. The summed E-state index contributed by atoms with van der Waals surface area (Å²) < 4.78 is 5.13. The number of halogens is 1. The Hall–Kier alpha value is -1.00. The molecule has 5 heteroatoms. The van der Waals surface area contributed by atoms with Crippen LogP contribution < -0.4 is 0 Å². The Bertz CT molecular complexity index is 495. The third-order valence-corrected chi connectivity index (χ3v) is 2.65. The van der Waals surface area contributed by atoms with Gasteiger partial charge in [0.15, 0.2) is 5.58 Å². The van der Waals surface area contributed by atoms with Crippen molar-refractivity contribution in [1.29, 1.82) is 0 Å². The minimum atomic E-state index is -0.674. The summed E-state index contributed by atoms with van der Waals surface area (Å²) >= 11 is 6.85. The highest BCUT2D eigenvalue weighted by Crippen LogP contribution is 2.22. The molecule has 0 bridgehead atoms. The lowest BCUT2D eigenvalue weighted by Gasteiger charge is -1.92. The van der Waals surface area contributed by atoms with Gasteiger partial charge < -0.3 is 4.42 Å². The van der Waals surface area contributed by atoms with E-state index in [0.717, 1.165) is 4.90 Å². The molecule has 2 aromatic rings. The molecule has 0 saturated carbocycles. The number of hydrogen-bond acceptors (Lipinski definition) is 4. The minimum Gasteiger partial charge on any atom is -0.433 e. The normalized spacial score (nSPS) is 10.7. The molecule has 0 aliphatic heterocycles. The number of oxazole rings is 1. The molecule has 0 saturated heterocycles. The Morgan fingerprint density at radius 2 is 2.36 bits per heavy atom. The number of carbonyl (C=O) groups is 1. The maximum absolute atomic E-state index is 10.8. The highest BCUT2D eigenvalue weighted by Gasteiger charge is 2.11.